The Labute approximate surface area is 83.3 Å². The van der Waals surface area contributed by atoms with Gasteiger partial charge in [-0.15, -0.1) is 0 Å². The molecule has 0 radical (unpaired) electrons. The van der Waals surface area contributed by atoms with E-state index in [9.17, 15) is 18.0 Å². The smallest absolute Gasteiger partial charge is 0.433 e. The summed E-state index contributed by atoms with van der Waals surface area (Å²) in [7, 11) is 1.14. The fraction of sp³-hybridized carbons (Fsp3) is 0.500. The zero-order chi connectivity index (χ0) is 11.8. The molecule has 0 atom stereocenters. The Bertz CT molecular complexity index is 395. The van der Waals surface area contributed by atoms with Gasteiger partial charge < -0.3 is 5.11 Å². The number of aliphatic carboxylic acids is 1. The first kappa shape index (κ1) is 11.5. The van der Waals surface area contributed by atoms with Crippen molar-refractivity contribution in [2.75, 3.05) is 0 Å². The predicted octanol–water partition coefficient (Wildman–Crippen LogP) is 1.37. The third-order valence-corrected chi connectivity index (χ3v) is 1.94. The highest BCUT2D eigenvalue weighted by Crippen LogP contribution is 2.33. The second-order valence-corrected chi connectivity index (χ2v) is 3.10. The molecule has 0 saturated carbocycles. The van der Waals surface area contributed by atoms with Crippen LogP contribution in [0.2, 0.25) is 0 Å². The van der Waals surface area contributed by atoms with Gasteiger partial charge in [-0.1, -0.05) is 0 Å². The summed E-state index contributed by atoms with van der Waals surface area (Å²) >= 11 is 0. The second-order valence-electron chi connectivity index (χ2n) is 3.10. The maximum Gasteiger partial charge on any atom is 0.433 e. The van der Waals surface area contributed by atoms with Crippen LogP contribution in [0.3, 0.4) is 0 Å². The number of aromatic nitrogens is 2. The molecule has 0 bridgehead atoms. The Morgan fingerprint density at radius 2 is 2.07 bits per heavy atom. The minimum atomic E-state index is -4.58. The number of hydrogen-bond acceptors (Lipinski definition) is 2. The lowest BCUT2D eigenvalue weighted by molar-refractivity contribution is -0.144. The van der Waals surface area contributed by atoms with Crippen LogP contribution in [0.1, 0.15) is 17.0 Å². The minimum Gasteiger partial charge on any atom is -0.481 e. The Morgan fingerprint density at radius 1 is 1.53 bits per heavy atom. The maximum absolute atomic E-state index is 12.5. The highest BCUT2D eigenvalue weighted by Gasteiger charge is 2.38. The lowest BCUT2D eigenvalue weighted by Crippen LogP contribution is -2.15. The van der Waals surface area contributed by atoms with Crippen LogP contribution in [-0.4, -0.2) is 20.9 Å². The van der Waals surface area contributed by atoms with Gasteiger partial charge in [0, 0.05) is 12.6 Å². The van der Waals surface area contributed by atoms with Gasteiger partial charge >= 0.3 is 12.1 Å². The normalized spacial score (nSPS) is 11.8. The molecule has 1 aromatic heterocycles. The molecule has 0 amide bonds. The average Bonchev–Trinajstić information content (AvgIpc) is 2.23. The molecule has 0 fully saturated rings. The van der Waals surface area contributed by atoms with Crippen molar-refractivity contribution in [3.05, 3.63) is 17.0 Å². The number of nitrogens with zero attached hydrogens (tertiary/aromatic N) is 2. The highest BCUT2D eigenvalue weighted by molar-refractivity contribution is 5.71. The van der Waals surface area contributed by atoms with Crippen molar-refractivity contribution in [2.45, 2.75) is 19.5 Å². The van der Waals surface area contributed by atoms with Crippen LogP contribution in [-0.2, 0) is 24.4 Å². The van der Waals surface area contributed by atoms with E-state index in [0.29, 0.717) is 4.68 Å². The van der Waals surface area contributed by atoms with Gasteiger partial charge in [0.15, 0.2) is 0 Å². The van der Waals surface area contributed by atoms with Crippen molar-refractivity contribution in [3.63, 3.8) is 0 Å². The summed E-state index contributed by atoms with van der Waals surface area (Å²) in [6.07, 6.45) is -5.25. The molecule has 1 N–H and O–H groups in total. The zero-order valence-electron chi connectivity index (χ0n) is 8.09. The molecule has 1 heterocycles. The van der Waals surface area contributed by atoms with Gasteiger partial charge in [0.1, 0.15) is 5.69 Å². The molecule has 0 spiro atoms. The molecular formula is C8H9F3N2O2. The van der Waals surface area contributed by atoms with Crippen LogP contribution in [0.5, 0.6) is 0 Å². The van der Waals surface area contributed by atoms with Gasteiger partial charge in [0.05, 0.1) is 12.1 Å². The Kier molecular flexibility index (Phi) is 2.74. The van der Waals surface area contributed by atoms with Crippen molar-refractivity contribution in [1.82, 2.24) is 9.78 Å². The third kappa shape index (κ3) is 2.28. The molecule has 1 aromatic rings. The lowest BCUT2D eigenvalue weighted by Gasteiger charge is -2.08. The molecule has 7 heteroatoms. The number of carbonyl (C=O) groups is 1. The summed E-state index contributed by atoms with van der Waals surface area (Å²) in [6.45, 7) is 1.35. The maximum atomic E-state index is 12.5. The van der Waals surface area contributed by atoms with E-state index in [2.05, 4.69) is 5.10 Å². The molecule has 0 unspecified atom stereocenters. The average molecular weight is 222 g/mol. The number of halogens is 3. The number of aryl methyl sites for hydroxylation is 2. The van der Waals surface area contributed by atoms with Crippen molar-refractivity contribution >= 4 is 5.97 Å². The molecule has 0 aromatic carbocycles. The van der Waals surface area contributed by atoms with Crippen LogP contribution in [0.4, 0.5) is 13.2 Å². The lowest BCUT2D eigenvalue weighted by atomic mass is 10.1. The molecular weight excluding hydrogens is 213 g/mol. The van der Waals surface area contributed by atoms with E-state index in [1.54, 1.807) is 0 Å². The number of rotatable bonds is 2. The van der Waals surface area contributed by atoms with E-state index >= 15 is 0 Å². The summed E-state index contributed by atoms with van der Waals surface area (Å²) in [6, 6.07) is 0. The topological polar surface area (TPSA) is 55.1 Å². The molecule has 15 heavy (non-hydrogen) atoms. The molecule has 0 aliphatic heterocycles. The largest absolute Gasteiger partial charge is 0.481 e. The Hall–Kier alpha value is -1.53. The highest BCUT2D eigenvalue weighted by atomic mass is 19.4. The van der Waals surface area contributed by atoms with Gasteiger partial charge in [-0.3, -0.25) is 9.48 Å². The van der Waals surface area contributed by atoms with E-state index in [1.165, 1.54) is 6.92 Å². The van der Waals surface area contributed by atoms with Crippen LogP contribution >= 0.6 is 0 Å². The monoisotopic (exact) mass is 222 g/mol. The summed E-state index contributed by atoms with van der Waals surface area (Å²) in [5.41, 5.74) is -1.19. The van der Waals surface area contributed by atoms with Crippen LogP contribution in [0, 0.1) is 6.92 Å². The fourth-order valence-corrected chi connectivity index (χ4v) is 1.42. The third-order valence-electron chi connectivity index (χ3n) is 1.94. The van der Waals surface area contributed by atoms with Crippen LogP contribution in [0.15, 0.2) is 0 Å². The second kappa shape index (κ2) is 3.56. The van der Waals surface area contributed by atoms with Gasteiger partial charge in [-0.05, 0) is 6.92 Å². The van der Waals surface area contributed by atoms with Crippen LogP contribution < -0.4 is 0 Å². The van der Waals surface area contributed by atoms with Gasteiger partial charge in [-0.25, -0.2) is 0 Å². The Balaban J connectivity index is 3.30. The van der Waals surface area contributed by atoms with Gasteiger partial charge in [-0.2, -0.15) is 18.3 Å². The summed E-state index contributed by atoms with van der Waals surface area (Å²) in [5.74, 6) is -1.31. The van der Waals surface area contributed by atoms with Gasteiger partial charge in [0.2, 0.25) is 0 Å². The summed E-state index contributed by atoms with van der Waals surface area (Å²) in [5, 5.41) is 12.1. The number of alkyl halides is 3. The van der Waals surface area contributed by atoms with E-state index < -0.39 is 24.3 Å². The molecule has 1 rings (SSSR count). The first-order valence-corrected chi connectivity index (χ1v) is 4.05. The fourth-order valence-electron chi connectivity index (χ4n) is 1.42. The number of hydrogen-bond donors (Lipinski definition) is 1. The Morgan fingerprint density at radius 3 is 2.47 bits per heavy atom. The predicted molar refractivity (Wildman–Crippen MR) is 44.3 cm³/mol. The first-order valence-electron chi connectivity index (χ1n) is 4.05. The number of carboxylic acids is 1. The van der Waals surface area contributed by atoms with E-state index in [1.807, 2.05) is 0 Å². The minimum absolute atomic E-state index is 0.0900. The number of carboxylic acid groups (broad SMARTS) is 1. The first-order chi connectivity index (χ1) is 6.73. The summed E-state index contributed by atoms with van der Waals surface area (Å²) < 4.78 is 38.2. The molecule has 4 nitrogen and oxygen atoms in total. The van der Waals surface area contributed by atoms with E-state index in [-0.39, 0.29) is 11.3 Å². The molecule has 84 valence electrons. The standard InChI is InChI=1S/C8H9F3N2O2/c1-4-5(3-6(14)15)7(8(9,10)11)13(2)12-4/h3H2,1-2H3,(H,14,15). The van der Waals surface area contributed by atoms with Crippen molar-refractivity contribution in [2.24, 2.45) is 7.05 Å². The zero-order valence-corrected chi connectivity index (χ0v) is 8.09. The van der Waals surface area contributed by atoms with Crippen molar-refractivity contribution in [3.8, 4) is 0 Å². The quantitative estimate of drug-likeness (QED) is 0.822. The van der Waals surface area contributed by atoms with Crippen molar-refractivity contribution in [1.29, 1.82) is 0 Å². The molecule has 0 aliphatic carbocycles. The molecule has 0 aliphatic rings. The van der Waals surface area contributed by atoms with Gasteiger partial charge in [0.25, 0.3) is 0 Å². The van der Waals surface area contributed by atoms with Crippen LogP contribution in [0.25, 0.3) is 0 Å². The van der Waals surface area contributed by atoms with E-state index in [0.717, 1.165) is 7.05 Å². The molecule has 0 saturated heterocycles. The van der Waals surface area contributed by atoms with Crippen molar-refractivity contribution < 1.29 is 23.1 Å². The summed E-state index contributed by atoms with van der Waals surface area (Å²) in [4.78, 5) is 10.4. The SMILES string of the molecule is Cc1nn(C)c(C(F)(F)F)c1CC(=O)O. The van der Waals surface area contributed by atoms with E-state index in [4.69, 9.17) is 5.11 Å².